The number of ketones is 1. The van der Waals surface area contributed by atoms with Crippen LogP contribution in [0.3, 0.4) is 0 Å². The molecule has 2 N–H and O–H groups in total. The summed E-state index contributed by atoms with van der Waals surface area (Å²) in [5, 5.41) is 4.45. The van der Waals surface area contributed by atoms with Gasteiger partial charge in [-0.25, -0.2) is 4.79 Å². The fourth-order valence-electron chi connectivity index (χ4n) is 4.01. The first-order valence-corrected chi connectivity index (χ1v) is 11.0. The van der Waals surface area contributed by atoms with Crippen molar-refractivity contribution in [1.29, 1.82) is 0 Å². The maximum Gasteiger partial charge on any atom is 0.411 e. The Morgan fingerprint density at radius 2 is 1.87 bits per heavy atom. The Morgan fingerprint density at radius 3 is 2.65 bits per heavy atom. The van der Waals surface area contributed by atoms with Crippen molar-refractivity contribution >= 4 is 40.1 Å². The Labute approximate surface area is 186 Å². The van der Waals surface area contributed by atoms with E-state index in [4.69, 9.17) is 16.3 Å². The van der Waals surface area contributed by atoms with Gasteiger partial charge in [0.15, 0.2) is 5.78 Å². The Hall–Kier alpha value is -2.83. The number of ether oxygens (including phenoxy) is 1. The summed E-state index contributed by atoms with van der Waals surface area (Å²) < 4.78 is 5.31. The second kappa shape index (κ2) is 9.98. The van der Waals surface area contributed by atoms with E-state index in [1.807, 2.05) is 30.5 Å². The molecular formula is C24H26ClN3O3. The van der Waals surface area contributed by atoms with Gasteiger partial charge in [-0.3, -0.25) is 10.1 Å². The number of nitrogens with zero attached hydrogens (tertiary/aromatic N) is 1. The molecular weight excluding hydrogens is 414 g/mol. The molecule has 1 aliphatic heterocycles. The number of halogens is 1. The quantitative estimate of drug-likeness (QED) is 0.384. The molecule has 0 atom stereocenters. The van der Waals surface area contributed by atoms with Crippen molar-refractivity contribution in [2.75, 3.05) is 31.6 Å². The fourth-order valence-corrected chi connectivity index (χ4v) is 4.13. The number of carbonyl (C=O) groups is 2. The number of fused-ring (bicyclic) bond motifs is 1. The Bertz CT molecular complexity index is 1040. The van der Waals surface area contributed by atoms with E-state index >= 15 is 0 Å². The molecule has 0 saturated carbocycles. The summed E-state index contributed by atoms with van der Waals surface area (Å²) in [5.41, 5.74) is 2.47. The van der Waals surface area contributed by atoms with Crippen LogP contribution in [0, 0.1) is 5.92 Å². The average Bonchev–Trinajstić information content (AvgIpc) is 3.25. The van der Waals surface area contributed by atoms with Gasteiger partial charge in [0.25, 0.3) is 0 Å². The summed E-state index contributed by atoms with van der Waals surface area (Å²) in [4.78, 5) is 30.1. The molecule has 0 aliphatic carbocycles. The van der Waals surface area contributed by atoms with E-state index in [0.717, 1.165) is 55.4 Å². The molecule has 0 bridgehead atoms. The normalized spacial score (nSPS) is 15.1. The molecule has 1 amide bonds. The number of amides is 1. The lowest BCUT2D eigenvalue weighted by molar-refractivity contribution is 0.0830. The highest BCUT2D eigenvalue weighted by atomic mass is 35.5. The molecule has 6 nitrogen and oxygen atoms in total. The number of anilines is 1. The summed E-state index contributed by atoms with van der Waals surface area (Å²) in [6.07, 6.45) is 3.89. The van der Waals surface area contributed by atoms with Crippen molar-refractivity contribution in [3.05, 3.63) is 65.3 Å². The van der Waals surface area contributed by atoms with Crippen molar-refractivity contribution in [2.45, 2.75) is 19.3 Å². The Kier molecular flexibility index (Phi) is 6.89. The third-order valence-corrected chi connectivity index (χ3v) is 5.99. The van der Waals surface area contributed by atoms with E-state index in [2.05, 4.69) is 15.2 Å². The molecule has 0 radical (unpaired) electrons. The number of hydrogen-bond donors (Lipinski definition) is 2. The predicted molar refractivity (Wildman–Crippen MR) is 123 cm³/mol. The third-order valence-electron chi connectivity index (χ3n) is 5.74. The van der Waals surface area contributed by atoms with E-state index in [1.165, 1.54) is 0 Å². The van der Waals surface area contributed by atoms with E-state index in [1.54, 1.807) is 24.3 Å². The van der Waals surface area contributed by atoms with Crippen molar-refractivity contribution < 1.29 is 14.3 Å². The molecule has 162 valence electrons. The van der Waals surface area contributed by atoms with E-state index < -0.39 is 6.09 Å². The number of Topliss-reactive ketones (excluding diaryl/α,β-unsaturated/α-hetero) is 1. The fraction of sp³-hybridized carbons (Fsp3) is 0.333. The molecule has 2 heterocycles. The first kappa shape index (κ1) is 21.4. The molecule has 3 aromatic rings. The van der Waals surface area contributed by atoms with Crippen LogP contribution in [0.4, 0.5) is 10.5 Å². The molecule has 0 unspecified atom stereocenters. The van der Waals surface area contributed by atoms with Gasteiger partial charge in [0.05, 0.1) is 6.61 Å². The lowest BCUT2D eigenvalue weighted by atomic mass is 9.89. The molecule has 1 aromatic heterocycles. The molecule has 4 rings (SSSR count). The van der Waals surface area contributed by atoms with Gasteiger partial charge in [0.1, 0.15) is 0 Å². The largest absolute Gasteiger partial charge is 0.449 e. The zero-order valence-electron chi connectivity index (χ0n) is 17.3. The van der Waals surface area contributed by atoms with Gasteiger partial charge in [-0.05, 0) is 80.9 Å². The highest BCUT2D eigenvalue weighted by molar-refractivity contribution is 6.30. The predicted octanol–water partition coefficient (Wildman–Crippen LogP) is 5.35. The molecule has 2 aromatic carbocycles. The van der Waals surface area contributed by atoms with Gasteiger partial charge in [0, 0.05) is 45.8 Å². The maximum atomic E-state index is 12.6. The lowest BCUT2D eigenvalue weighted by Crippen LogP contribution is -2.37. The molecule has 1 aliphatic rings. The van der Waals surface area contributed by atoms with Crippen molar-refractivity contribution in [3.8, 4) is 0 Å². The summed E-state index contributed by atoms with van der Waals surface area (Å²) in [5.74, 6) is 0.269. The summed E-state index contributed by atoms with van der Waals surface area (Å²) in [6, 6.07) is 14.8. The first-order chi connectivity index (χ1) is 15.1. The number of piperidine rings is 1. The average molecular weight is 440 g/mol. The molecule has 1 saturated heterocycles. The highest BCUT2D eigenvalue weighted by Crippen LogP contribution is 2.23. The third kappa shape index (κ3) is 5.66. The van der Waals surface area contributed by atoms with Crippen LogP contribution < -0.4 is 5.32 Å². The van der Waals surface area contributed by atoms with Gasteiger partial charge >= 0.3 is 6.09 Å². The van der Waals surface area contributed by atoms with E-state index in [9.17, 15) is 9.59 Å². The lowest BCUT2D eigenvalue weighted by Gasteiger charge is -2.31. The summed E-state index contributed by atoms with van der Waals surface area (Å²) in [6.45, 7) is 2.98. The van der Waals surface area contributed by atoms with Crippen LogP contribution in [-0.2, 0) is 4.74 Å². The molecule has 0 spiro atoms. The van der Waals surface area contributed by atoms with Crippen LogP contribution in [-0.4, -0.2) is 48.0 Å². The number of aromatic amines is 1. The number of rotatable bonds is 7. The Morgan fingerprint density at radius 1 is 1.10 bits per heavy atom. The Balaban J connectivity index is 1.13. The van der Waals surface area contributed by atoms with Crippen LogP contribution in [0.1, 0.15) is 29.6 Å². The zero-order chi connectivity index (χ0) is 21.6. The van der Waals surface area contributed by atoms with Gasteiger partial charge in [-0.2, -0.15) is 0 Å². The SMILES string of the molecule is O=C(Nc1ccc2[nH]ccc2c1)OCCCN1CCC(C(=O)c2ccc(Cl)cc2)CC1. The second-order valence-electron chi connectivity index (χ2n) is 7.88. The standard InChI is InChI=1S/C24H26ClN3O3/c25-20-4-2-17(3-5-20)23(29)18-9-13-28(14-10-18)12-1-15-31-24(30)27-21-6-7-22-19(16-21)8-11-26-22/h2-8,11,16,18,26H,1,9-10,12-15H2,(H,27,30). The topological polar surface area (TPSA) is 74.4 Å². The van der Waals surface area contributed by atoms with Gasteiger partial charge in [-0.15, -0.1) is 0 Å². The number of hydrogen-bond acceptors (Lipinski definition) is 4. The van der Waals surface area contributed by atoms with Crippen LogP contribution in [0.2, 0.25) is 5.02 Å². The summed E-state index contributed by atoms with van der Waals surface area (Å²) in [7, 11) is 0. The number of aromatic nitrogens is 1. The number of benzene rings is 2. The van der Waals surface area contributed by atoms with E-state index in [0.29, 0.717) is 17.3 Å². The molecule has 1 fully saturated rings. The van der Waals surface area contributed by atoms with Gasteiger partial charge in [0.2, 0.25) is 0 Å². The van der Waals surface area contributed by atoms with Gasteiger partial charge < -0.3 is 14.6 Å². The minimum atomic E-state index is -0.442. The van der Waals surface area contributed by atoms with Crippen molar-refractivity contribution in [2.24, 2.45) is 5.92 Å². The molecule has 31 heavy (non-hydrogen) atoms. The maximum absolute atomic E-state index is 12.6. The van der Waals surface area contributed by atoms with Crippen LogP contribution in [0.5, 0.6) is 0 Å². The number of H-pyrrole nitrogens is 1. The van der Waals surface area contributed by atoms with Gasteiger partial charge in [-0.1, -0.05) is 11.6 Å². The smallest absolute Gasteiger partial charge is 0.411 e. The first-order valence-electron chi connectivity index (χ1n) is 10.6. The van der Waals surface area contributed by atoms with Crippen molar-refractivity contribution in [3.63, 3.8) is 0 Å². The highest BCUT2D eigenvalue weighted by Gasteiger charge is 2.25. The van der Waals surface area contributed by atoms with Crippen LogP contribution in [0.15, 0.2) is 54.7 Å². The van der Waals surface area contributed by atoms with Crippen LogP contribution >= 0.6 is 11.6 Å². The summed E-state index contributed by atoms with van der Waals surface area (Å²) >= 11 is 5.90. The second-order valence-corrected chi connectivity index (χ2v) is 8.32. The minimum absolute atomic E-state index is 0.0665. The monoisotopic (exact) mass is 439 g/mol. The van der Waals surface area contributed by atoms with E-state index in [-0.39, 0.29) is 11.7 Å². The molecule has 7 heteroatoms. The van der Waals surface area contributed by atoms with Crippen molar-refractivity contribution in [1.82, 2.24) is 9.88 Å². The number of carbonyl (C=O) groups excluding carboxylic acids is 2. The number of nitrogens with one attached hydrogen (secondary N) is 2. The number of likely N-dealkylation sites (tertiary alicyclic amines) is 1. The zero-order valence-corrected chi connectivity index (χ0v) is 18.0. The minimum Gasteiger partial charge on any atom is -0.449 e. The van der Waals surface area contributed by atoms with Crippen LogP contribution in [0.25, 0.3) is 10.9 Å².